The summed E-state index contributed by atoms with van der Waals surface area (Å²) >= 11 is 0. The number of hydrogen-bond acceptors (Lipinski definition) is 9. The number of carbonyl (C=O) groups excluding carboxylic acids is 1. The highest BCUT2D eigenvalue weighted by atomic mass is 19.1. The zero-order chi connectivity index (χ0) is 27.2. The third-order valence-electron chi connectivity index (χ3n) is 5.59. The Bertz CT molecular complexity index is 1600. The van der Waals surface area contributed by atoms with E-state index in [9.17, 15) is 19.2 Å². The van der Waals surface area contributed by atoms with Crippen molar-refractivity contribution in [1.82, 2.24) is 24.8 Å². The van der Waals surface area contributed by atoms with Crippen molar-refractivity contribution in [2.45, 2.75) is 19.4 Å². The second kappa shape index (κ2) is 11.3. The predicted octanol–water partition coefficient (Wildman–Crippen LogP) is 2.45. The number of urea groups is 1. The molecule has 2 amide bonds. The first-order valence-electron chi connectivity index (χ1n) is 11.6. The molecule has 13 heteroatoms. The summed E-state index contributed by atoms with van der Waals surface area (Å²) in [7, 11) is 0. The van der Waals surface area contributed by atoms with Gasteiger partial charge in [0.25, 0.3) is 5.56 Å². The Morgan fingerprint density at radius 3 is 2.82 bits per heavy atom. The van der Waals surface area contributed by atoms with Gasteiger partial charge in [-0.25, -0.2) is 24.1 Å². The van der Waals surface area contributed by atoms with Crippen LogP contribution in [0, 0.1) is 17.1 Å². The molecule has 0 spiro atoms. The SMILES string of the molecule is CC(Nc1ncnc(N)c1C#N)c1nc2c(F)cccc2c(=O)n1-c1cccc(NC(=O)NCCCO)c1. The molecule has 0 aliphatic carbocycles. The minimum absolute atomic E-state index is 0.0126. The molecule has 1 unspecified atom stereocenters. The fourth-order valence-electron chi connectivity index (χ4n) is 3.80. The van der Waals surface area contributed by atoms with Gasteiger partial charge in [-0.2, -0.15) is 5.26 Å². The minimum Gasteiger partial charge on any atom is -0.396 e. The molecule has 0 saturated carbocycles. The maximum Gasteiger partial charge on any atom is 0.319 e. The number of aliphatic hydroxyl groups is 1. The summed E-state index contributed by atoms with van der Waals surface area (Å²) < 4.78 is 16.0. The van der Waals surface area contributed by atoms with E-state index in [0.29, 0.717) is 17.8 Å². The average molecular weight is 518 g/mol. The average Bonchev–Trinajstić information content (AvgIpc) is 2.89. The number of halogens is 1. The molecule has 12 nitrogen and oxygen atoms in total. The molecule has 2 aromatic carbocycles. The molecule has 1 atom stereocenters. The molecule has 0 saturated heterocycles. The number of carbonyl (C=O) groups is 1. The Morgan fingerprint density at radius 2 is 2.05 bits per heavy atom. The Balaban J connectivity index is 1.81. The van der Waals surface area contributed by atoms with Crippen molar-refractivity contribution in [2.24, 2.45) is 0 Å². The van der Waals surface area contributed by atoms with E-state index in [-0.39, 0.29) is 47.1 Å². The van der Waals surface area contributed by atoms with E-state index in [2.05, 4.69) is 30.9 Å². The number of fused-ring (bicyclic) bond motifs is 1. The lowest BCUT2D eigenvalue weighted by molar-refractivity contribution is 0.249. The Hall–Kier alpha value is -5.09. The molecular formula is C25H24FN9O3. The number of benzene rings is 2. The minimum atomic E-state index is -0.758. The molecule has 194 valence electrons. The molecule has 0 fully saturated rings. The molecule has 38 heavy (non-hydrogen) atoms. The highest BCUT2D eigenvalue weighted by Crippen LogP contribution is 2.25. The monoisotopic (exact) mass is 517 g/mol. The van der Waals surface area contributed by atoms with Gasteiger partial charge < -0.3 is 26.8 Å². The summed E-state index contributed by atoms with van der Waals surface area (Å²) in [6.07, 6.45) is 1.59. The highest BCUT2D eigenvalue weighted by Gasteiger charge is 2.21. The van der Waals surface area contributed by atoms with Crippen LogP contribution in [-0.4, -0.2) is 43.8 Å². The third kappa shape index (κ3) is 5.35. The molecule has 4 rings (SSSR count). The first kappa shape index (κ1) is 26.0. The number of hydrogen-bond donors (Lipinski definition) is 5. The molecule has 2 aromatic heterocycles. The van der Waals surface area contributed by atoms with Crippen LogP contribution in [0.15, 0.2) is 53.6 Å². The second-order valence-corrected chi connectivity index (χ2v) is 8.22. The standard InChI is InChI=1S/C25H24FN9O3/c1-14(32-22-18(12-27)21(28)30-13-31-22)23-34-20-17(7-3-8-19(20)26)24(37)35(23)16-6-2-5-15(11-16)33-25(38)29-9-4-10-36/h2-3,5-8,11,13-14,36H,4,9-10H2,1H3,(H2,29,33,38)(H3,28,30,31,32). The van der Waals surface area contributed by atoms with Crippen LogP contribution in [0.3, 0.4) is 0 Å². The number of aromatic nitrogens is 4. The number of para-hydroxylation sites is 1. The van der Waals surface area contributed by atoms with Gasteiger partial charge in [-0.3, -0.25) is 9.36 Å². The molecular weight excluding hydrogens is 493 g/mol. The molecule has 4 aromatic rings. The smallest absolute Gasteiger partial charge is 0.319 e. The van der Waals surface area contributed by atoms with Crippen molar-refractivity contribution in [2.75, 3.05) is 29.5 Å². The zero-order valence-corrected chi connectivity index (χ0v) is 20.3. The van der Waals surface area contributed by atoms with Crippen LogP contribution in [0.1, 0.15) is 30.8 Å². The Labute approximate surface area is 216 Å². The maximum absolute atomic E-state index is 14.7. The summed E-state index contributed by atoms with van der Waals surface area (Å²) in [6.45, 7) is 1.90. The fraction of sp³-hybridized carbons (Fsp3) is 0.200. The summed E-state index contributed by atoms with van der Waals surface area (Å²) in [4.78, 5) is 38.2. The summed E-state index contributed by atoms with van der Waals surface area (Å²) in [5, 5.41) is 26.7. The van der Waals surface area contributed by atoms with Crippen LogP contribution in [-0.2, 0) is 0 Å². The van der Waals surface area contributed by atoms with Crippen molar-refractivity contribution >= 4 is 34.3 Å². The first-order valence-corrected chi connectivity index (χ1v) is 11.6. The lowest BCUT2D eigenvalue weighted by Gasteiger charge is -2.21. The second-order valence-electron chi connectivity index (χ2n) is 8.22. The first-order chi connectivity index (χ1) is 18.3. The van der Waals surface area contributed by atoms with Gasteiger partial charge in [0.1, 0.15) is 46.8 Å². The lowest BCUT2D eigenvalue weighted by Crippen LogP contribution is -2.30. The normalized spacial score (nSPS) is 11.5. The molecule has 0 bridgehead atoms. The number of aliphatic hydroxyl groups excluding tert-OH is 1. The number of anilines is 3. The van der Waals surface area contributed by atoms with E-state index in [1.165, 1.54) is 29.1 Å². The van der Waals surface area contributed by atoms with Gasteiger partial charge in [0, 0.05) is 18.8 Å². The van der Waals surface area contributed by atoms with E-state index in [1.807, 2.05) is 6.07 Å². The molecule has 6 N–H and O–H groups in total. The lowest BCUT2D eigenvalue weighted by atomic mass is 10.2. The quantitative estimate of drug-likeness (QED) is 0.219. The summed E-state index contributed by atoms with van der Waals surface area (Å²) in [5.41, 5.74) is 5.90. The molecule has 0 aliphatic rings. The number of rotatable bonds is 8. The van der Waals surface area contributed by atoms with E-state index >= 15 is 0 Å². The molecule has 0 radical (unpaired) electrons. The van der Waals surface area contributed by atoms with E-state index in [4.69, 9.17) is 10.8 Å². The van der Waals surface area contributed by atoms with E-state index in [1.54, 1.807) is 31.2 Å². The van der Waals surface area contributed by atoms with Crippen molar-refractivity contribution < 1.29 is 14.3 Å². The Morgan fingerprint density at radius 1 is 1.26 bits per heavy atom. The van der Waals surface area contributed by atoms with Crippen molar-refractivity contribution in [3.05, 3.63) is 76.4 Å². The van der Waals surface area contributed by atoms with Crippen molar-refractivity contribution in [1.29, 1.82) is 5.26 Å². The van der Waals surface area contributed by atoms with Gasteiger partial charge in [0.05, 0.1) is 17.1 Å². The third-order valence-corrected chi connectivity index (χ3v) is 5.59. The number of nitrogens with two attached hydrogens (primary N) is 1. The van der Waals surface area contributed by atoms with Gasteiger partial charge in [-0.1, -0.05) is 12.1 Å². The van der Waals surface area contributed by atoms with Crippen LogP contribution in [0.4, 0.5) is 26.5 Å². The van der Waals surface area contributed by atoms with Crippen molar-refractivity contribution in [3.63, 3.8) is 0 Å². The van der Waals surface area contributed by atoms with Gasteiger partial charge >= 0.3 is 6.03 Å². The van der Waals surface area contributed by atoms with Gasteiger partial charge in [-0.15, -0.1) is 0 Å². The molecule has 2 heterocycles. The maximum atomic E-state index is 14.7. The zero-order valence-electron chi connectivity index (χ0n) is 20.3. The number of nitrogens with one attached hydrogen (secondary N) is 3. The number of nitrogens with zero attached hydrogens (tertiary/aromatic N) is 5. The van der Waals surface area contributed by atoms with Crippen molar-refractivity contribution in [3.8, 4) is 11.8 Å². The number of amides is 2. The predicted molar refractivity (Wildman–Crippen MR) is 139 cm³/mol. The van der Waals surface area contributed by atoms with E-state index in [0.717, 1.165) is 0 Å². The topological polar surface area (TPSA) is 184 Å². The van der Waals surface area contributed by atoms with Crippen LogP contribution < -0.4 is 27.2 Å². The Kier molecular flexibility index (Phi) is 7.74. The fourth-order valence-corrected chi connectivity index (χ4v) is 3.80. The van der Waals surface area contributed by atoms with E-state index < -0.39 is 23.4 Å². The number of nitriles is 1. The highest BCUT2D eigenvalue weighted by molar-refractivity contribution is 5.89. The van der Waals surface area contributed by atoms with Gasteiger partial charge in [-0.05, 0) is 43.7 Å². The van der Waals surface area contributed by atoms with Gasteiger partial charge in [0.15, 0.2) is 0 Å². The summed E-state index contributed by atoms with van der Waals surface area (Å²) in [5.74, 6) is -0.447. The molecule has 0 aliphatic heterocycles. The van der Waals surface area contributed by atoms with Crippen LogP contribution >= 0.6 is 0 Å². The summed E-state index contributed by atoms with van der Waals surface area (Å²) in [6, 6.07) is 11.3. The largest absolute Gasteiger partial charge is 0.396 e. The van der Waals surface area contributed by atoms with Crippen LogP contribution in [0.5, 0.6) is 0 Å². The van der Waals surface area contributed by atoms with Crippen LogP contribution in [0.25, 0.3) is 16.6 Å². The number of nitrogen functional groups attached to an aromatic ring is 1. The van der Waals surface area contributed by atoms with Gasteiger partial charge in [0.2, 0.25) is 0 Å². The van der Waals surface area contributed by atoms with Crippen LogP contribution in [0.2, 0.25) is 0 Å².